The molecule has 7 heteroatoms. The Labute approximate surface area is 160 Å². The van der Waals surface area contributed by atoms with Gasteiger partial charge in [0.25, 0.3) is 5.56 Å². The van der Waals surface area contributed by atoms with Crippen LogP contribution in [0.3, 0.4) is 0 Å². The zero-order chi connectivity index (χ0) is 18.6. The molecule has 1 aliphatic heterocycles. The number of carbonyl (C=O) groups is 1. The van der Waals surface area contributed by atoms with Gasteiger partial charge in [-0.15, -0.1) is 0 Å². The summed E-state index contributed by atoms with van der Waals surface area (Å²) in [5.41, 5.74) is 2.18. The van der Waals surface area contributed by atoms with Crippen molar-refractivity contribution in [3.63, 3.8) is 0 Å². The van der Waals surface area contributed by atoms with E-state index in [1.807, 2.05) is 18.2 Å². The Bertz CT molecular complexity index is 1080. The van der Waals surface area contributed by atoms with E-state index in [1.54, 1.807) is 6.07 Å². The first-order chi connectivity index (χ1) is 12.3. The Morgan fingerprint density at radius 3 is 2.62 bits per heavy atom. The maximum Gasteiger partial charge on any atom is 0.257 e. The Kier molecular flexibility index (Phi) is 3.93. The molecule has 1 aromatic carbocycles. The lowest BCUT2D eigenvalue weighted by Crippen LogP contribution is -2.36. The van der Waals surface area contributed by atoms with Gasteiger partial charge in [0, 0.05) is 28.6 Å². The summed E-state index contributed by atoms with van der Waals surface area (Å²) in [4.78, 5) is 31.4. The SMILES string of the molecule is CC1(C)CC(=O)C2=C(C1)Nc1[nH]c(=S)[nH]c(=O)c1C2c1ccccc1Cl. The fourth-order valence-electron chi connectivity index (χ4n) is 3.97. The number of carbonyl (C=O) groups excluding carboxylic acids is 1. The first-order valence-electron chi connectivity index (χ1n) is 8.41. The predicted molar refractivity (Wildman–Crippen MR) is 104 cm³/mol. The van der Waals surface area contributed by atoms with Crippen LogP contribution in [-0.4, -0.2) is 15.8 Å². The van der Waals surface area contributed by atoms with Crippen molar-refractivity contribution in [1.29, 1.82) is 0 Å². The zero-order valence-electron chi connectivity index (χ0n) is 14.4. The van der Waals surface area contributed by atoms with Gasteiger partial charge < -0.3 is 10.3 Å². The highest BCUT2D eigenvalue weighted by molar-refractivity contribution is 7.71. The number of benzene rings is 1. The number of halogens is 1. The molecule has 0 saturated carbocycles. The molecule has 2 heterocycles. The standard InChI is InChI=1S/C19H18ClN3O2S/c1-19(2)7-11-14(12(24)8-19)13(9-5-3-4-6-10(9)20)15-16(21-11)22-18(26)23-17(15)25/h3-6,13H,7-8H2,1-2H3,(H3,21,22,23,25,26). The fraction of sp³-hybridized carbons (Fsp3) is 0.316. The second kappa shape index (κ2) is 5.93. The van der Waals surface area contributed by atoms with Crippen LogP contribution in [-0.2, 0) is 4.79 Å². The van der Waals surface area contributed by atoms with Crippen LogP contribution >= 0.6 is 23.8 Å². The molecule has 3 N–H and O–H groups in total. The van der Waals surface area contributed by atoms with Crippen molar-refractivity contribution in [3.05, 3.63) is 66.8 Å². The van der Waals surface area contributed by atoms with Gasteiger partial charge in [-0.05, 0) is 35.7 Å². The number of hydrogen-bond donors (Lipinski definition) is 3. The van der Waals surface area contributed by atoms with E-state index in [0.29, 0.717) is 34.8 Å². The summed E-state index contributed by atoms with van der Waals surface area (Å²) >= 11 is 11.6. The minimum atomic E-state index is -0.519. The lowest BCUT2D eigenvalue weighted by atomic mass is 9.69. The van der Waals surface area contributed by atoms with Gasteiger partial charge in [-0.3, -0.25) is 14.6 Å². The van der Waals surface area contributed by atoms with Crippen molar-refractivity contribution < 1.29 is 4.79 Å². The largest absolute Gasteiger partial charge is 0.344 e. The second-order valence-corrected chi connectivity index (χ2v) is 8.43. The highest BCUT2D eigenvalue weighted by Gasteiger charge is 2.42. The summed E-state index contributed by atoms with van der Waals surface area (Å²) in [6.07, 6.45) is 1.15. The van der Waals surface area contributed by atoms with E-state index in [4.69, 9.17) is 23.8 Å². The van der Waals surface area contributed by atoms with Gasteiger partial charge in [0.05, 0.1) is 5.56 Å². The average Bonchev–Trinajstić information content (AvgIpc) is 2.52. The normalized spacial score (nSPS) is 21.0. The van der Waals surface area contributed by atoms with Gasteiger partial charge in [-0.1, -0.05) is 43.6 Å². The molecule has 1 aromatic heterocycles. The van der Waals surface area contributed by atoms with E-state index in [1.165, 1.54) is 0 Å². The van der Waals surface area contributed by atoms with Crippen molar-refractivity contribution in [2.24, 2.45) is 5.41 Å². The third kappa shape index (κ3) is 2.73. The third-order valence-corrected chi connectivity index (χ3v) is 5.52. The van der Waals surface area contributed by atoms with E-state index in [9.17, 15) is 9.59 Å². The quantitative estimate of drug-likeness (QED) is 0.638. The highest BCUT2D eigenvalue weighted by Crippen LogP contribution is 2.48. The maximum absolute atomic E-state index is 13.0. The number of anilines is 1. The van der Waals surface area contributed by atoms with E-state index in [0.717, 1.165) is 11.3 Å². The number of aromatic nitrogens is 2. The summed E-state index contributed by atoms with van der Waals surface area (Å²) in [5, 5.41) is 3.78. The molecule has 134 valence electrons. The van der Waals surface area contributed by atoms with Crippen molar-refractivity contribution in [2.45, 2.75) is 32.6 Å². The van der Waals surface area contributed by atoms with Gasteiger partial charge >= 0.3 is 0 Å². The molecule has 26 heavy (non-hydrogen) atoms. The van der Waals surface area contributed by atoms with Crippen LogP contribution in [0, 0.1) is 10.2 Å². The molecule has 0 spiro atoms. The maximum atomic E-state index is 13.0. The molecule has 0 saturated heterocycles. The minimum absolute atomic E-state index is 0.0427. The van der Waals surface area contributed by atoms with E-state index in [2.05, 4.69) is 29.1 Å². The fourth-order valence-corrected chi connectivity index (χ4v) is 4.41. The summed E-state index contributed by atoms with van der Waals surface area (Å²) in [6.45, 7) is 4.13. The smallest absolute Gasteiger partial charge is 0.257 e. The Morgan fingerprint density at radius 1 is 1.15 bits per heavy atom. The molecule has 0 fully saturated rings. The topological polar surface area (TPSA) is 77.8 Å². The number of rotatable bonds is 1. The van der Waals surface area contributed by atoms with Crippen LogP contribution in [0.25, 0.3) is 0 Å². The summed E-state index contributed by atoms with van der Waals surface area (Å²) < 4.78 is 0.240. The van der Waals surface area contributed by atoms with E-state index >= 15 is 0 Å². The molecule has 4 rings (SSSR count). The van der Waals surface area contributed by atoms with E-state index in [-0.39, 0.29) is 21.5 Å². The number of nitrogens with one attached hydrogen (secondary N) is 3. The summed E-state index contributed by atoms with van der Waals surface area (Å²) in [7, 11) is 0. The van der Waals surface area contributed by atoms with Gasteiger partial charge in [-0.2, -0.15) is 0 Å². The number of ketones is 1. The number of Topliss-reactive ketones (excluding diaryl/α,β-unsaturated/α-hetero) is 1. The molecule has 1 aliphatic carbocycles. The molecule has 2 aliphatic rings. The first-order valence-corrected chi connectivity index (χ1v) is 9.20. The summed E-state index contributed by atoms with van der Waals surface area (Å²) in [5.74, 6) is 0.0586. The Hall–Kier alpha value is -2.18. The number of hydrogen-bond acceptors (Lipinski definition) is 4. The molecule has 0 radical (unpaired) electrons. The van der Waals surface area contributed by atoms with Gasteiger partial charge in [-0.25, -0.2) is 0 Å². The van der Waals surface area contributed by atoms with Gasteiger partial charge in [0.15, 0.2) is 10.6 Å². The molecular weight excluding hydrogens is 370 g/mol. The Morgan fingerprint density at radius 2 is 1.88 bits per heavy atom. The number of H-pyrrole nitrogens is 2. The van der Waals surface area contributed by atoms with Crippen LogP contribution in [0.1, 0.15) is 43.7 Å². The molecule has 0 amide bonds. The van der Waals surface area contributed by atoms with Crippen molar-refractivity contribution in [3.8, 4) is 0 Å². The molecule has 0 bridgehead atoms. The highest BCUT2D eigenvalue weighted by atomic mass is 35.5. The lowest BCUT2D eigenvalue weighted by Gasteiger charge is -2.38. The van der Waals surface area contributed by atoms with Crippen LogP contribution in [0.2, 0.25) is 5.02 Å². The van der Waals surface area contributed by atoms with Crippen molar-refractivity contribution >= 4 is 35.4 Å². The number of aromatic amines is 2. The Balaban J connectivity index is 2.04. The minimum Gasteiger partial charge on any atom is -0.344 e. The number of allylic oxidation sites excluding steroid dienone is 2. The molecule has 1 atom stereocenters. The van der Waals surface area contributed by atoms with Crippen molar-refractivity contribution in [1.82, 2.24) is 9.97 Å². The van der Waals surface area contributed by atoms with Crippen LogP contribution in [0.4, 0.5) is 5.82 Å². The molecular formula is C19H18ClN3O2S. The monoisotopic (exact) mass is 387 g/mol. The molecule has 1 unspecified atom stereocenters. The van der Waals surface area contributed by atoms with Crippen LogP contribution < -0.4 is 10.9 Å². The zero-order valence-corrected chi connectivity index (χ0v) is 16.0. The van der Waals surface area contributed by atoms with Crippen molar-refractivity contribution in [2.75, 3.05) is 5.32 Å². The third-order valence-electron chi connectivity index (χ3n) is 4.97. The van der Waals surface area contributed by atoms with Crippen LogP contribution in [0.5, 0.6) is 0 Å². The first kappa shape index (κ1) is 17.2. The lowest BCUT2D eigenvalue weighted by molar-refractivity contribution is -0.118. The summed E-state index contributed by atoms with van der Waals surface area (Å²) in [6, 6.07) is 7.33. The second-order valence-electron chi connectivity index (χ2n) is 7.61. The number of fused-ring (bicyclic) bond motifs is 1. The van der Waals surface area contributed by atoms with Gasteiger partial charge in [0.2, 0.25) is 0 Å². The molecule has 5 nitrogen and oxygen atoms in total. The van der Waals surface area contributed by atoms with E-state index < -0.39 is 5.92 Å². The molecule has 2 aromatic rings. The van der Waals surface area contributed by atoms with Gasteiger partial charge in [0.1, 0.15) is 5.82 Å². The predicted octanol–water partition coefficient (Wildman–Crippen LogP) is 4.29. The average molecular weight is 388 g/mol. The van der Waals surface area contributed by atoms with Crippen LogP contribution in [0.15, 0.2) is 40.3 Å².